The molecule has 0 radical (unpaired) electrons. The van der Waals surface area contributed by atoms with Crippen LogP contribution < -0.4 is 16.3 Å². The van der Waals surface area contributed by atoms with Crippen molar-refractivity contribution in [3.63, 3.8) is 0 Å². The minimum Gasteiger partial charge on any atom is -0.337 e. The zero-order chi connectivity index (χ0) is 15.4. The molecule has 0 aliphatic carbocycles. The number of hydrogen-bond acceptors (Lipinski definition) is 3. The van der Waals surface area contributed by atoms with Crippen molar-refractivity contribution in [2.75, 3.05) is 27.2 Å². The van der Waals surface area contributed by atoms with Gasteiger partial charge in [-0.2, -0.15) is 0 Å². The summed E-state index contributed by atoms with van der Waals surface area (Å²) in [5, 5.41) is 6.12. The van der Waals surface area contributed by atoms with Gasteiger partial charge in [0, 0.05) is 33.2 Å². The van der Waals surface area contributed by atoms with Gasteiger partial charge >= 0.3 is 11.7 Å². The standard InChI is InChI=1S/C14H21N5O2/c1-9(15-6-7-16-14(21)19(2)3)10-4-5-11-12(8-10)18-13(20)17-11/h4-5,8-9,15H,6-7H2,1-3H3,(H,16,21)(H2,17,18,20). The highest BCUT2D eigenvalue weighted by Gasteiger charge is 2.07. The highest BCUT2D eigenvalue weighted by molar-refractivity contribution is 5.75. The van der Waals surface area contributed by atoms with E-state index in [9.17, 15) is 9.59 Å². The summed E-state index contributed by atoms with van der Waals surface area (Å²) in [5.74, 6) is 0. The monoisotopic (exact) mass is 291 g/mol. The first-order valence-corrected chi connectivity index (χ1v) is 6.88. The van der Waals surface area contributed by atoms with E-state index in [0.717, 1.165) is 16.6 Å². The van der Waals surface area contributed by atoms with Gasteiger partial charge in [-0.15, -0.1) is 0 Å². The molecule has 114 valence electrons. The Labute approximate surface area is 122 Å². The topological polar surface area (TPSA) is 93.0 Å². The molecule has 4 N–H and O–H groups in total. The second kappa shape index (κ2) is 6.45. The van der Waals surface area contributed by atoms with Gasteiger partial charge < -0.3 is 25.5 Å². The molecule has 0 aliphatic rings. The number of nitrogens with one attached hydrogen (secondary N) is 4. The molecule has 0 saturated heterocycles. The lowest BCUT2D eigenvalue weighted by Crippen LogP contribution is -2.38. The van der Waals surface area contributed by atoms with Gasteiger partial charge in [-0.1, -0.05) is 6.07 Å². The lowest BCUT2D eigenvalue weighted by atomic mass is 10.1. The summed E-state index contributed by atoms with van der Waals surface area (Å²) in [6.07, 6.45) is 0. The van der Waals surface area contributed by atoms with Crippen LogP contribution in [-0.2, 0) is 0 Å². The lowest BCUT2D eigenvalue weighted by Gasteiger charge is -2.16. The minimum absolute atomic E-state index is 0.101. The first kappa shape index (κ1) is 15.1. The van der Waals surface area contributed by atoms with Crippen molar-refractivity contribution < 1.29 is 4.79 Å². The molecule has 1 aromatic heterocycles. The lowest BCUT2D eigenvalue weighted by molar-refractivity contribution is 0.217. The third-order valence-corrected chi connectivity index (χ3v) is 3.30. The van der Waals surface area contributed by atoms with E-state index in [1.807, 2.05) is 25.1 Å². The van der Waals surface area contributed by atoms with Crippen molar-refractivity contribution in [1.82, 2.24) is 25.5 Å². The molecule has 7 nitrogen and oxygen atoms in total. The number of aromatic amines is 2. The third kappa shape index (κ3) is 3.85. The zero-order valence-electron chi connectivity index (χ0n) is 12.5. The Kier molecular flexibility index (Phi) is 4.64. The maximum absolute atomic E-state index is 11.4. The number of fused-ring (bicyclic) bond motifs is 1. The van der Waals surface area contributed by atoms with Crippen LogP contribution in [0.4, 0.5) is 4.79 Å². The van der Waals surface area contributed by atoms with Crippen LogP contribution in [0.5, 0.6) is 0 Å². The number of H-pyrrole nitrogens is 2. The Morgan fingerprint density at radius 2 is 1.95 bits per heavy atom. The second-order valence-corrected chi connectivity index (χ2v) is 5.19. The van der Waals surface area contributed by atoms with Crippen molar-refractivity contribution in [2.45, 2.75) is 13.0 Å². The minimum atomic E-state index is -0.200. The molecular formula is C14H21N5O2. The Morgan fingerprint density at radius 1 is 1.24 bits per heavy atom. The number of benzene rings is 1. The quantitative estimate of drug-likeness (QED) is 0.613. The highest BCUT2D eigenvalue weighted by atomic mass is 16.2. The van der Waals surface area contributed by atoms with E-state index in [2.05, 4.69) is 20.6 Å². The van der Waals surface area contributed by atoms with E-state index in [0.29, 0.717) is 13.1 Å². The molecule has 0 aliphatic heterocycles. The van der Waals surface area contributed by atoms with Crippen molar-refractivity contribution in [1.29, 1.82) is 0 Å². The summed E-state index contributed by atoms with van der Waals surface area (Å²) in [7, 11) is 3.41. The molecule has 2 rings (SSSR count). The Balaban J connectivity index is 1.88. The molecule has 1 unspecified atom stereocenters. The fourth-order valence-electron chi connectivity index (χ4n) is 2.05. The van der Waals surface area contributed by atoms with Crippen LogP contribution >= 0.6 is 0 Å². The average molecular weight is 291 g/mol. The molecule has 0 bridgehead atoms. The SMILES string of the molecule is CC(NCCNC(=O)N(C)C)c1ccc2[nH]c(=O)[nH]c2c1. The van der Waals surface area contributed by atoms with Crippen LogP contribution in [0.15, 0.2) is 23.0 Å². The van der Waals surface area contributed by atoms with Crippen molar-refractivity contribution in [2.24, 2.45) is 0 Å². The molecule has 7 heteroatoms. The summed E-state index contributed by atoms with van der Waals surface area (Å²) in [5.41, 5.74) is 2.48. The predicted octanol–water partition coefficient (Wildman–Crippen LogP) is 0.778. The Hall–Kier alpha value is -2.28. The van der Waals surface area contributed by atoms with Crippen LogP contribution in [0, 0.1) is 0 Å². The van der Waals surface area contributed by atoms with E-state index in [1.54, 1.807) is 14.1 Å². The zero-order valence-corrected chi connectivity index (χ0v) is 12.5. The van der Waals surface area contributed by atoms with Gasteiger partial charge in [0.15, 0.2) is 0 Å². The number of carbonyl (C=O) groups is 1. The smallest absolute Gasteiger partial charge is 0.323 e. The van der Waals surface area contributed by atoms with Gasteiger partial charge in [-0.25, -0.2) is 9.59 Å². The van der Waals surface area contributed by atoms with Gasteiger partial charge in [-0.05, 0) is 24.6 Å². The third-order valence-electron chi connectivity index (χ3n) is 3.30. The van der Waals surface area contributed by atoms with E-state index < -0.39 is 0 Å². The van der Waals surface area contributed by atoms with Crippen molar-refractivity contribution >= 4 is 17.1 Å². The van der Waals surface area contributed by atoms with Crippen LogP contribution in [0.3, 0.4) is 0 Å². The molecule has 21 heavy (non-hydrogen) atoms. The van der Waals surface area contributed by atoms with Crippen LogP contribution in [-0.4, -0.2) is 48.1 Å². The van der Waals surface area contributed by atoms with Gasteiger partial charge in [0.25, 0.3) is 0 Å². The molecule has 0 fully saturated rings. The van der Waals surface area contributed by atoms with Crippen LogP contribution in [0.25, 0.3) is 11.0 Å². The molecule has 2 amide bonds. The Bertz CT molecular complexity index is 673. The van der Waals surface area contributed by atoms with E-state index in [-0.39, 0.29) is 17.8 Å². The number of hydrogen-bond donors (Lipinski definition) is 4. The van der Waals surface area contributed by atoms with E-state index in [4.69, 9.17) is 0 Å². The number of rotatable bonds is 5. The number of carbonyl (C=O) groups excluding carboxylic acids is 1. The van der Waals surface area contributed by atoms with Gasteiger partial charge in [-0.3, -0.25) is 0 Å². The molecule has 1 heterocycles. The summed E-state index contributed by atoms with van der Waals surface area (Å²) < 4.78 is 0. The summed E-state index contributed by atoms with van der Waals surface area (Å²) >= 11 is 0. The first-order valence-electron chi connectivity index (χ1n) is 6.88. The number of nitrogens with zero attached hydrogens (tertiary/aromatic N) is 1. The molecule has 1 atom stereocenters. The number of urea groups is 1. The molecule has 2 aromatic rings. The second-order valence-electron chi connectivity index (χ2n) is 5.19. The summed E-state index contributed by atoms with van der Waals surface area (Å²) in [6, 6.07) is 5.83. The Morgan fingerprint density at radius 3 is 2.67 bits per heavy atom. The number of amides is 2. The highest BCUT2D eigenvalue weighted by Crippen LogP contribution is 2.16. The van der Waals surface area contributed by atoms with E-state index >= 15 is 0 Å². The number of aromatic nitrogens is 2. The molecule has 1 aromatic carbocycles. The number of imidazole rings is 1. The first-order chi connectivity index (χ1) is 9.97. The molecule has 0 spiro atoms. The average Bonchev–Trinajstić information content (AvgIpc) is 2.81. The van der Waals surface area contributed by atoms with Crippen molar-refractivity contribution in [3.8, 4) is 0 Å². The maximum Gasteiger partial charge on any atom is 0.323 e. The fraction of sp³-hybridized carbons (Fsp3) is 0.429. The van der Waals surface area contributed by atoms with Crippen molar-refractivity contribution in [3.05, 3.63) is 34.2 Å². The van der Waals surface area contributed by atoms with Gasteiger partial charge in [0.05, 0.1) is 11.0 Å². The molecular weight excluding hydrogens is 270 g/mol. The van der Waals surface area contributed by atoms with E-state index in [1.165, 1.54) is 4.90 Å². The summed E-state index contributed by atoms with van der Waals surface area (Å²) in [6.45, 7) is 3.27. The summed E-state index contributed by atoms with van der Waals surface area (Å²) in [4.78, 5) is 29.5. The van der Waals surface area contributed by atoms with Crippen LogP contribution in [0.2, 0.25) is 0 Å². The fourth-order valence-corrected chi connectivity index (χ4v) is 2.05. The van der Waals surface area contributed by atoms with Gasteiger partial charge in [0.2, 0.25) is 0 Å². The normalized spacial score (nSPS) is 12.3. The van der Waals surface area contributed by atoms with Gasteiger partial charge in [0.1, 0.15) is 0 Å². The molecule has 0 saturated carbocycles. The largest absolute Gasteiger partial charge is 0.337 e. The van der Waals surface area contributed by atoms with Crippen LogP contribution in [0.1, 0.15) is 18.5 Å². The maximum atomic E-state index is 11.4. The predicted molar refractivity (Wildman–Crippen MR) is 82.4 cm³/mol.